The van der Waals surface area contributed by atoms with Gasteiger partial charge in [0.2, 0.25) is 0 Å². The first-order valence-electron chi connectivity index (χ1n) is 7.13. The summed E-state index contributed by atoms with van der Waals surface area (Å²) >= 11 is 0. The maximum absolute atomic E-state index is 5.25. The van der Waals surface area contributed by atoms with E-state index in [1.165, 1.54) is 16.8 Å². The SMILES string of the molecule is CCC(C)N(CCOC)c1ccc(C)cc1CNC. The van der Waals surface area contributed by atoms with Gasteiger partial charge in [-0.2, -0.15) is 0 Å². The average Bonchev–Trinajstić information content (AvgIpc) is 2.41. The van der Waals surface area contributed by atoms with Gasteiger partial charge in [-0.25, -0.2) is 0 Å². The van der Waals surface area contributed by atoms with Crippen LogP contribution in [0, 0.1) is 6.92 Å². The zero-order valence-corrected chi connectivity index (χ0v) is 13.0. The van der Waals surface area contributed by atoms with Crippen molar-refractivity contribution in [3.8, 4) is 0 Å². The third-order valence-corrected chi connectivity index (χ3v) is 3.57. The fourth-order valence-corrected chi connectivity index (χ4v) is 2.31. The number of ether oxygens (including phenoxy) is 1. The summed E-state index contributed by atoms with van der Waals surface area (Å²) in [5.41, 5.74) is 4.00. The van der Waals surface area contributed by atoms with Gasteiger partial charge in [0.1, 0.15) is 0 Å². The van der Waals surface area contributed by atoms with Gasteiger partial charge < -0.3 is 15.0 Å². The fourth-order valence-electron chi connectivity index (χ4n) is 2.31. The number of benzene rings is 1. The molecule has 3 nitrogen and oxygen atoms in total. The lowest BCUT2D eigenvalue weighted by Crippen LogP contribution is -2.36. The summed E-state index contributed by atoms with van der Waals surface area (Å²) in [6.07, 6.45) is 1.14. The van der Waals surface area contributed by atoms with E-state index in [1.54, 1.807) is 7.11 Å². The quantitative estimate of drug-likeness (QED) is 0.781. The van der Waals surface area contributed by atoms with Gasteiger partial charge in [-0.15, -0.1) is 0 Å². The minimum atomic E-state index is 0.522. The highest BCUT2D eigenvalue weighted by Gasteiger charge is 2.16. The standard InChI is InChI=1S/C16H28N2O/c1-6-14(3)18(9-10-19-5)16-8-7-13(2)11-15(16)12-17-4/h7-8,11,14,17H,6,9-10,12H2,1-5H3. The fraction of sp³-hybridized carbons (Fsp3) is 0.625. The zero-order valence-electron chi connectivity index (χ0n) is 13.0. The molecular formula is C16H28N2O. The summed E-state index contributed by atoms with van der Waals surface area (Å²) in [5.74, 6) is 0. The van der Waals surface area contributed by atoms with Crippen LogP contribution in [0.2, 0.25) is 0 Å². The van der Waals surface area contributed by atoms with Gasteiger partial charge >= 0.3 is 0 Å². The van der Waals surface area contributed by atoms with Crippen molar-refractivity contribution < 1.29 is 4.74 Å². The molecule has 1 unspecified atom stereocenters. The first-order chi connectivity index (χ1) is 9.13. The molecule has 1 atom stereocenters. The molecule has 0 spiro atoms. The third kappa shape index (κ3) is 4.51. The molecule has 0 bridgehead atoms. The Balaban J connectivity index is 3.05. The zero-order chi connectivity index (χ0) is 14.3. The van der Waals surface area contributed by atoms with E-state index in [0.29, 0.717) is 6.04 Å². The number of hydrogen-bond donors (Lipinski definition) is 1. The lowest BCUT2D eigenvalue weighted by atomic mass is 10.1. The molecule has 0 amide bonds. The van der Waals surface area contributed by atoms with Crippen LogP contribution in [0.3, 0.4) is 0 Å². The monoisotopic (exact) mass is 264 g/mol. The predicted molar refractivity (Wildman–Crippen MR) is 82.9 cm³/mol. The molecule has 0 radical (unpaired) electrons. The Labute approximate surface area is 118 Å². The van der Waals surface area contributed by atoms with Crippen molar-refractivity contribution in [1.82, 2.24) is 5.32 Å². The Morgan fingerprint density at radius 3 is 2.68 bits per heavy atom. The Hall–Kier alpha value is -1.06. The van der Waals surface area contributed by atoms with Gasteiger partial charge in [0.25, 0.3) is 0 Å². The van der Waals surface area contributed by atoms with Crippen molar-refractivity contribution in [2.75, 3.05) is 32.2 Å². The first-order valence-corrected chi connectivity index (χ1v) is 7.13. The second-order valence-electron chi connectivity index (χ2n) is 5.11. The lowest BCUT2D eigenvalue weighted by Gasteiger charge is -2.32. The average molecular weight is 264 g/mol. The smallest absolute Gasteiger partial charge is 0.0637 e. The van der Waals surface area contributed by atoms with Crippen LogP contribution in [0.15, 0.2) is 18.2 Å². The summed E-state index contributed by atoms with van der Waals surface area (Å²) in [6, 6.07) is 7.22. The molecule has 3 heteroatoms. The summed E-state index contributed by atoms with van der Waals surface area (Å²) in [4.78, 5) is 2.45. The summed E-state index contributed by atoms with van der Waals surface area (Å²) in [5, 5.41) is 3.26. The van der Waals surface area contributed by atoms with E-state index in [4.69, 9.17) is 4.74 Å². The maximum Gasteiger partial charge on any atom is 0.0637 e. The lowest BCUT2D eigenvalue weighted by molar-refractivity contribution is 0.203. The van der Waals surface area contributed by atoms with Gasteiger partial charge in [0.15, 0.2) is 0 Å². The van der Waals surface area contributed by atoms with E-state index in [-0.39, 0.29) is 0 Å². The third-order valence-electron chi connectivity index (χ3n) is 3.57. The molecule has 0 aliphatic heterocycles. The second-order valence-corrected chi connectivity index (χ2v) is 5.11. The molecule has 0 heterocycles. The van der Waals surface area contributed by atoms with Crippen molar-refractivity contribution >= 4 is 5.69 Å². The molecule has 0 aromatic heterocycles. The number of rotatable bonds is 8. The van der Waals surface area contributed by atoms with E-state index in [1.807, 2.05) is 7.05 Å². The van der Waals surface area contributed by atoms with Crippen molar-refractivity contribution in [2.24, 2.45) is 0 Å². The van der Waals surface area contributed by atoms with Crippen LogP contribution < -0.4 is 10.2 Å². The topological polar surface area (TPSA) is 24.5 Å². The van der Waals surface area contributed by atoms with Gasteiger partial charge in [0, 0.05) is 31.9 Å². The predicted octanol–water partition coefficient (Wildman–Crippen LogP) is 2.97. The normalized spacial score (nSPS) is 12.5. The number of hydrogen-bond acceptors (Lipinski definition) is 3. The molecule has 0 aliphatic carbocycles. The molecule has 0 fully saturated rings. The second kappa shape index (κ2) is 8.18. The maximum atomic E-state index is 5.25. The van der Waals surface area contributed by atoms with Gasteiger partial charge in [0.05, 0.1) is 6.61 Å². The molecule has 0 saturated heterocycles. The van der Waals surface area contributed by atoms with Crippen LogP contribution in [0.1, 0.15) is 31.4 Å². The molecule has 1 rings (SSSR count). The Morgan fingerprint density at radius 1 is 1.37 bits per heavy atom. The van der Waals surface area contributed by atoms with E-state index in [2.05, 4.69) is 49.2 Å². The minimum Gasteiger partial charge on any atom is -0.383 e. The molecular weight excluding hydrogens is 236 g/mol. The van der Waals surface area contributed by atoms with Gasteiger partial charge in [-0.3, -0.25) is 0 Å². The largest absolute Gasteiger partial charge is 0.383 e. The summed E-state index contributed by atoms with van der Waals surface area (Å²) in [7, 11) is 3.76. The number of anilines is 1. The molecule has 1 N–H and O–H groups in total. The Morgan fingerprint density at radius 2 is 2.11 bits per heavy atom. The van der Waals surface area contributed by atoms with E-state index < -0.39 is 0 Å². The summed E-state index contributed by atoms with van der Waals surface area (Å²) < 4.78 is 5.25. The van der Waals surface area contributed by atoms with E-state index >= 15 is 0 Å². The van der Waals surface area contributed by atoms with Crippen LogP contribution in [0.25, 0.3) is 0 Å². The molecule has 0 saturated carbocycles. The molecule has 1 aromatic rings. The van der Waals surface area contributed by atoms with E-state index in [0.717, 1.165) is 26.1 Å². The van der Waals surface area contributed by atoms with Crippen LogP contribution in [0.5, 0.6) is 0 Å². The number of nitrogens with one attached hydrogen (secondary N) is 1. The van der Waals surface area contributed by atoms with Crippen molar-refractivity contribution in [3.63, 3.8) is 0 Å². The number of nitrogens with zero attached hydrogens (tertiary/aromatic N) is 1. The van der Waals surface area contributed by atoms with Gasteiger partial charge in [-0.05, 0) is 38.9 Å². The van der Waals surface area contributed by atoms with Gasteiger partial charge in [-0.1, -0.05) is 24.6 Å². The summed E-state index contributed by atoms with van der Waals surface area (Å²) in [6.45, 7) is 9.25. The van der Waals surface area contributed by atoms with E-state index in [9.17, 15) is 0 Å². The highest BCUT2D eigenvalue weighted by Crippen LogP contribution is 2.24. The van der Waals surface area contributed by atoms with Crippen molar-refractivity contribution in [1.29, 1.82) is 0 Å². The molecule has 1 aromatic carbocycles. The molecule has 0 aliphatic rings. The van der Waals surface area contributed by atoms with Crippen molar-refractivity contribution in [3.05, 3.63) is 29.3 Å². The highest BCUT2D eigenvalue weighted by molar-refractivity contribution is 5.55. The van der Waals surface area contributed by atoms with Crippen molar-refractivity contribution in [2.45, 2.75) is 39.8 Å². The van der Waals surface area contributed by atoms with Crippen LogP contribution in [-0.2, 0) is 11.3 Å². The molecule has 108 valence electrons. The van der Waals surface area contributed by atoms with Crippen LogP contribution in [-0.4, -0.2) is 33.4 Å². The Bertz CT molecular complexity index is 379. The number of aryl methyl sites for hydroxylation is 1. The minimum absolute atomic E-state index is 0.522. The Kier molecular flexibility index (Phi) is 6.89. The van der Waals surface area contributed by atoms with Crippen LogP contribution in [0.4, 0.5) is 5.69 Å². The first kappa shape index (κ1) is 16.0. The van der Waals surface area contributed by atoms with Crippen LogP contribution >= 0.6 is 0 Å². The molecule has 19 heavy (non-hydrogen) atoms. The highest BCUT2D eigenvalue weighted by atomic mass is 16.5. The number of methoxy groups -OCH3 is 1.